The molecule has 2 aromatic rings. The highest BCUT2D eigenvalue weighted by Gasteiger charge is 2.23. The number of hydrogen-bond acceptors (Lipinski definition) is 4. The molecule has 0 saturated carbocycles. The summed E-state index contributed by atoms with van der Waals surface area (Å²) in [4.78, 5) is 15.0. The molecule has 0 atom stereocenters. The van der Waals surface area contributed by atoms with Crippen LogP contribution in [0.3, 0.4) is 0 Å². The summed E-state index contributed by atoms with van der Waals surface area (Å²) in [7, 11) is 0. The molecule has 1 fully saturated rings. The third kappa shape index (κ3) is 2.16. The molecule has 1 saturated heterocycles. The van der Waals surface area contributed by atoms with E-state index < -0.39 is 0 Å². The maximum absolute atomic E-state index is 12.2. The molecular formula is C12H14N3O2S+. The van der Waals surface area contributed by atoms with Crippen LogP contribution < -0.4 is 5.32 Å². The van der Waals surface area contributed by atoms with E-state index in [2.05, 4.69) is 10.5 Å². The second-order valence-electron chi connectivity index (χ2n) is 4.21. The summed E-state index contributed by atoms with van der Waals surface area (Å²) >= 11 is 1.57. The summed E-state index contributed by atoms with van der Waals surface area (Å²) < 4.78 is 5.23. The standard InChI is InChI=1S/C12H13N3O2S/c16-12(15-5-3-13-4-6-15)9-8-10(17-14-9)11-2-1-7-18-11/h1-2,7-8,13H,3-6H2/p+1. The Kier molecular flexibility index (Phi) is 3.12. The van der Waals surface area contributed by atoms with Crippen molar-refractivity contribution in [2.45, 2.75) is 0 Å². The molecule has 0 aliphatic carbocycles. The van der Waals surface area contributed by atoms with E-state index in [0.717, 1.165) is 31.1 Å². The van der Waals surface area contributed by atoms with Crippen molar-refractivity contribution < 1.29 is 14.6 Å². The Balaban J connectivity index is 1.78. The van der Waals surface area contributed by atoms with Crippen LogP contribution in [0.4, 0.5) is 0 Å². The van der Waals surface area contributed by atoms with Crippen LogP contribution >= 0.6 is 11.3 Å². The van der Waals surface area contributed by atoms with Crippen LogP contribution in [-0.4, -0.2) is 42.1 Å². The maximum atomic E-state index is 12.2. The van der Waals surface area contributed by atoms with E-state index >= 15 is 0 Å². The molecule has 0 spiro atoms. The first kappa shape index (κ1) is 11.4. The van der Waals surface area contributed by atoms with Crippen LogP contribution in [0.2, 0.25) is 0 Å². The number of carbonyl (C=O) groups excluding carboxylic acids is 1. The predicted molar refractivity (Wildman–Crippen MR) is 67.4 cm³/mol. The topological polar surface area (TPSA) is 63.0 Å². The summed E-state index contributed by atoms with van der Waals surface area (Å²) in [6.07, 6.45) is 0. The number of aromatic nitrogens is 1. The lowest BCUT2D eigenvalue weighted by atomic mass is 10.2. The number of piperazine rings is 1. The number of carbonyl (C=O) groups is 1. The van der Waals surface area contributed by atoms with Crippen molar-refractivity contribution in [3.8, 4) is 10.6 Å². The lowest BCUT2D eigenvalue weighted by Gasteiger charge is -2.24. The Hall–Kier alpha value is -1.66. The SMILES string of the molecule is O=C(c1cc(-c2cccs2)on1)N1CC[NH2+]CC1. The third-order valence-corrected chi connectivity index (χ3v) is 3.87. The van der Waals surface area contributed by atoms with E-state index in [1.807, 2.05) is 22.4 Å². The van der Waals surface area contributed by atoms with Crippen LogP contribution in [0.1, 0.15) is 10.5 Å². The maximum Gasteiger partial charge on any atom is 0.276 e. The van der Waals surface area contributed by atoms with Gasteiger partial charge in [0.2, 0.25) is 0 Å². The molecule has 1 amide bonds. The zero-order valence-electron chi connectivity index (χ0n) is 9.83. The van der Waals surface area contributed by atoms with Crippen molar-refractivity contribution in [2.24, 2.45) is 0 Å². The van der Waals surface area contributed by atoms with Gasteiger partial charge in [-0.15, -0.1) is 11.3 Å². The van der Waals surface area contributed by atoms with Gasteiger partial charge in [-0.3, -0.25) is 4.79 Å². The van der Waals surface area contributed by atoms with Gasteiger partial charge in [0, 0.05) is 6.07 Å². The first-order chi connectivity index (χ1) is 8.84. The van der Waals surface area contributed by atoms with Crippen molar-refractivity contribution in [3.63, 3.8) is 0 Å². The van der Waals surface area contributed by atoms with Gasteiger partial charge >= 0.3 is 0 Å². The van der Waals surface area contributed by atoms with Gasteiger partial charge < -0.3 is 14.7 Å². The summed E-state index contributed by atoms with van der Waals surface area (Å²) in [6.45, 7) is 3.48. The zero-order valence-corrected chi connectivity index (χ0v) is 10.7. The molecule has 3 rings (SSSR count). The fourth-order valence-electron chi connectivity index (χ4n) is 2.03. The second-order valence-corrected chi connectivity index (χ2v) is 5.16. The van der Waals surface area contributed by atoms with E-state index in [4.69, 9.17) is 4.52 Å². The summed E-state index contributed by atoms with van der Waals surface area (Å²) in [5.74, 6) is 0.631. The Morgan fingerprint density at radius 2 is 2.28 bits per heavy atom. The first-order valence-electron chi connectivity index (χ1n) is 5.96. The molecule has 1 aliphatic rings. The average Bonchev–Trinajstić information content (AvgIpc) is 3.09. The van der Waals surface area contributed by atoms with Crippen LogP contribution in [0, 0.1) is 0 Å². The smallest absolute Gasteiger partial charge is 0.276 e. The van der Waals surface area contributed by atoms with Gasteiger partial charge in [-0.2, -0.15) is 0 Å². The van der Waals surface area contributed by atoms with Crippen LogP contribution in [0.5, 0.6) is 0 Å². The minimum absolute atomic E-state index is 0.0327. The highest BCUT2D eigenvalue weighted by Crippen LogP contribution is 2.25. The fraction of sp³-hybridized carbons (Fsp3) is 0.333. The average molecular weight is 264 g/mol. The Labute approximate surface area is 108 Å². The monoisotopic (exact) mass is 264 g/mol. The molecule has 2 aromatic heterocycles. The lowest BCUT2D eigenvalue weighted by Crippen LogP contribution is -2.89. The minimum Gasteiger partial charge on any atom is -0.355 e. The molecule has 3 heterocycles. The van der Waals surface area contributed by atoms with Gasteiger partial charge in [0.15, 0.2) is 11.5 Å². The molecule has 18 heavy (non-hydrogen) atoms. The van der Waals surface area contributed by atoms with Crippen LogP contribution in [0.15, 0.2) is 28.1 Å². The molecule has 0 radical (unpaired) electrons. The molecular weight excluding hydrogens is 250 g/mol. The van der Waals surface area contributed by atoms with Crippen molar-refractivity contribution >= 4 is 17.2 Å². The van der Waals surface area contributed by atoms with E-state index in [9.17, 15) is 4.79 Å². The first-order valence-corrected chi connectivity index (χ1v) is 6.84. The molecule has 0 aromatic carbocycles. The quantitative estimate of drug-likeness (QED) is 0.855. The molecule has 5 nitrogen and oxygen atoms in total. The number of nitrogens with zero attached hydrogens (tertiary/aromatic N) is 2. The normalized spacial score (nSPS) is 15.9. The number of amides is 1. The molecule has 0 bridgehead atoms. The number of thiophene rings is 1. The largest absolute Gasteiger partial charge is 0.355 e. The Morgan fingerprint density at radius 1 is 1.44 bits per heavy atom. The van der Waals surface area contributed by atoms with E-state index in [1.54, 1.807) is 17.4 Å². The van der Waals surface area contributed by atoms with Crippen molar-refractivity contribution in [2.75, 3.05) is 26.2 Å². The summed E-state index contributed by atoms with van der Waals surface area (Å²) in [5, 5.41) is 8.06. The lowest BCUT2D eigenvalue weighted by molar-refractivity contribution is -0.661. The highest BCUT2D eigenvalue weighted by atomic mass is 32.1. The number of hydrogen-bond donors (Lipinski definition) is 1. The van der Waals surface area contributed by atoms with Crippen LogP contribution in [0.25, 0.3) is 10.6 Å². The molecule has 1 aliphatic heterocycles. The Bertz CT molecular complexity index is 529. The highest BCUT2D eigenvalue weighted by molar-refractivity contribution is 7.13. The number of quaternary nitrogens is 1. The van der Waals surface area contributed by atoms with Gasteiger partial charge in [0.1, 0.15) is 0 Å². The molecule has 0 unspecified atom stereocenters. The Morgan fingerprint density at radius 3 is 3.00 bits per heavy atom. The number of rotatable bonds is 2. The predicted octanol–water partition coefficient (Wildman–Crippen LogP) is 0.422. The van der Waals surface area contributed by atoms with E-state index in [-0.39, 0.29) is 5.91 Å². The van der Waals surface area contributed by atoms with Gasteiger partial charge in [-0.25, -0.2) is 0 Å². The van der Waals surface area contributed by atoms with Crippen molar-refractivity contribution in [1.29, 1.82) is 0 Å². The van der Waals surface area contributed by atoms with Crippen LogP contribution in [-0.2, 0) is 0 Å². The number of nitrogens with two attached hydrogens (primary N) is 1. The van der Waals surface area contributed by atoms with Crippen molar-refractivity contribution in [1.82, 2.24) is 10.1 Å². The van der Waals surface area contributed by atoms with Gasteiger partial charge in [0.05, 0.1) is 31.1 Å². The molecule has 2 N–H and O–H groups in total. The van der Waals surface area contributed by atoms with Crippen molar-refractivity contribution in [3.05, 3.63) is 29.3 Å². The third-order valence-electron chi connectivity index (χ3n) is 2.99. The summed E-state index contributed by atoms with van der Waals surface area (Å²) in [5.41, 5.74) is 0.403. The van der Waals surface area contributed by atoms with Gasteiger partial charge in [-0.1, -0.05) is 11.2 Å². The fourth-order valence-corrected chi connectivity index (χ4v) is 2.70. The van der Waals surface area contributed by atoms with E-state index in [1.165, 1.54) is 0 Å². The minimum atomic E-state index is -0.0327. The molecule has 6 heteroatoms. The van der Waals surface area contributed by atoms with Gasteiger partial charge in [-0.05, 0) is 11.4 Å². The van der Waals surface area contributed by atoms with E-state index in [0.29, 0.717) is 11.5 Å². The second kappa shape index (κ2) is 4.91. The summed E-state index contributed by atoms with van der Waals surface area (Å²) in [6, 6.07) is 5.63. The molecule has 94 valence electrons. The van der Waals surface area contributed by atoms with Gasteiger partial charge in [0.25, 0.3) is 5.91 Å². The zero-order chi connectivity index (χ0) is 12.4.